The van der Waals surface area contributed by atoms with Crippen molar-refractivity contribution in [2.75, 3.05) is 6.61 Å². The molecular weight excluding hydrogens is 299 g/mol. The number of benzene rings is 1. The number of carbonyl (C=O) groups is 1. The fourth-order valence-corrected chi connectivity index (χ4v) is 2.23. The fourth-order valence-electron chi connectivity index (χ4n) is 1.81. The normalized spacial score (nSPS) is 12.2. The van der Waals surface area contributed by atoms with Crippen molar-refractivity contribution in [2.45, 2.75) is 19.8 Å². The average Bonchev–Trinajstić information content (AvgIpc) is 2.84. The molecule has 0 amide bonds. The summed E-state index contributed by atoms with van der Waals surface area (Å²) in [5, 5.41) is 5.13. The van der Waals surface area contributed by atoms with Gasteiger partial charge >= 0.3 is 5.97 Å². The van der Waals surface area contributed by atoms with Crippen molar-refractivity contribution in [3.05, 3.63) is 46.2 Å². The second-order valence-corrected chi connectivity index (χ2v) is 5.13. The van der Waals surface area contributed by atoms with Gasteiger partial charge in [-0.1, -0.05) is 29.3 Å². The molecule has 0 saturated carbocycles. The van der Waals surface area contributed by atoms with E-state index in [1.54, 1.807) is 36.9 Å². The molecule has 1 aromatic heterocycles. The van der Waals surface area contributed by atoms with Crippen LogP contribution >= 0.6 is 23.2 Å². The van der Waals surface area contributed by atoms with E-state index in [4.69, 9.17) is 27.9 Å². The van der Waals surface area contributed by atoms with Gasteiger partial charge in [-0.3, -0.25) is 4.79 Å². The molecule has 2 aromatic rings. The van der Waals surface area contributed by atoms with Gasteiger partial charge in [-0.2, -0.15) is 5.10 Å². The third-order valence-electron chi connectivity index (χ3n) is 2.91. The number of halogens is 2. The van der Waals surface area contributed by atoms with Crippen molar-refractivity contribution in [1.29, 1.82) is 0 Å². The van der Waals surface area contributed by atoms with Crippen LogP contribution < -0.4 is 0 Å². The van der Waals surface area contributed by atoms with Gasteiger partial charge in [-0.05, 0) is 31.5 Å². The predicted molar refractivity (Wildman–Crippen MR) is 78.6 cm³/mol. The summed E-state index contributed by atoms with van der Waals surface area (Å²) >= 11 is 12.1. The highest BCUT2D eigenvalue weighted by molar-refractivity contribution is 6.32. The molecule has 1 atom stereocenters. The topological polar surface area (TPSA) is 44.1 Å². The van der Waals surface area contributed by atoms with Gasteiger partial charge in [0.2, 0.25) is 0 Å². The summed E-state index contributed by atoms with van der Waals surface area (Å²) in [4.78, 5) is 11.7. The first kappa shape index (κ1) is 14.9. The molecule has 0 N–H and O–H groups in total. The number of hydrogen-bond acceptors (Lipinski definition) is 3. The van der Waals surface area contributed by atoms with E-state index in [0.717, 1.165) is 5.56 Å². The van der Waals surface area contributed by atoms with Crippen molar-refractivity contribution in [3.63, 3.8) is 0 Å². The van der Waals surface area contributed by atoms with Crippen LogP contribution in [0, 0.1) is 0 Å². The van der Waals surface area contributed by atoms with Crippen molar-refractivity contribution < 1.29 is 9.53 Å². The Bertz CT molecular complexity index is 625. The summed E-state index contributed by atoms with van der Waals surface area (Å²) in [5.74, 6) is -0.624. The zero-order chi connectivity index (χ0) is 14.7. The third kappa shape index (κ3) is 3.14. The highest BCUT2D eigenvalue weighted by Gasteiger charge is 2.17. The first-order valence-corrected chi connectivity index (χ1v) is 6.95. The van der Waals surface area contributed by atoms with Crippen LogP contribution in [0.2, 0.25) is 10.0 Å². The zero-order valence-corrected chi connectivity index (χ0v) is 12.6. The van der Waals surface area contributed by atoms with Crippen LogP contribution in [0.15, 0.2) is 30.6 Å². The Hall–Kier alpha value is -1.52. The van der Waals surface area contributed by atoms with Crippen LogP contribution in [-0.2, 0) is 9.53 Å². The standard InChI is InChI=1S/C14H14Cl2N2O2/c1-3-20-14(19)9(2)10-4-5-13(12(16)6-10)18-8-11(15)7-17-18/h4-9H,3H2,1-2H3. The van der Waals surface area contributed by atoms with Gasteiger partial charge in [0.05, 0.1) is 34.5 Å². The van der Waals surface area contributed by atoms with E-state index in [0.29, 0.717) is 22.3 Å². The molecule has 1 heterocycles. The number of hydrogen-bond donors (Lipinski definition) is 0. The van der Waals surface area contributed by atoms with Crippen LogP contribution in [0.3, 0.4) is 0 Å². The molecule has 0 bridgehead atoms. The molecule has 4 nitrogen and oxygen atoms in total. The maximum atomic E-state index is 11.7. The summed E-state index contributed by atoms with van der Waals surface area (Å²) in [6.07, 6.45) is 3.20. The van der Waals surface area contributed by atoms with E-state index < -0.39 is 0 Å². The Labute approximate surface area is 127 Å². The number of carbonyl (C=O) groups excluding carboxylic acids is 1. The van der Waals surface area contributed by atoms with Crippen LogP contribution in [0.1, 0.15) is 25.3 Å². The van der Waals surface area contributed by atoms with Crippen LogP contribution in [0.25, 0.3) is 5.69 Å². The van der Waals surface area contributed by atoms with E-state index in [-0.39, 0.29) is 11.9 Å². The first-order valence-electron chi connectivity index (χ1n) is 6.19. The van der Waals surface area contributed by atoms with Gasteiger partial charge in [-0.15, -0.1) is 0 Å². The van der Waals surface area contributed by atoms with Gasteiger partial charge in [0.15, 0.2) is 0 Å². The van der Waals surface area contributed by atoms with E-state index in [1.807, 2.05) is 6.07 Å². The molecule has 0 aliphatic carbocycles. The molecule has 6 heteroatoms. The molecule has 0 fully saturated rings. The van der Waals surface area contributed by atoms with E-state index in [1.165, 1.54) is 6.20 Å². The predicted octanol–water partition coefficient (Wildman–Crippen LogP) is 3.85. The lowest BCUT2D eigenvalue weighted by atomic mass is 10.0. The smallest absolute Gasteiger partial charge is 0.313 e. The maximum absolute atomic E-state index is 11.7. The number of rotatable bonds is 4. The van der Waals surface area contributed by atoms with E-state index in [9.17, 15) is 4.79 Å². The SMILES string of the molecule is CCOC(=O)C(C)c1ccc(-n2cc(Cl)cn2)c(Cl)c1. The Morgan fingerprint density at radius 3 is 2.75 bits per heavy atom. The molecule has 0 spiro atoms. The maximum Gasteiger partial charge on any atom is 0.313 e. The second kappa shape index (κ2) is 6.29. The minimum absolute atomic E-state index is 0.265. The minimum atomic E-state index is -0.359. The molecule has 20 heavy (non-hydrogen) atoms. The zero-order valence-electron chi connectivity index (χ0n) is 11.1. The summed E-state index contributed by atoms with van der Waals surface area (Å²) < 4.78 is 6.59. The third-order valence-corrected chi connectivity index (χ3v) is 3.41. The van der Waals surface area contributed by atoms with Gasteiger partial charge < -0.3 is 4.74 Å². The number of esters is 1. The summed E-state index contributed by atoms with van der Waals surface area (Å²) in [6, 6.07) is 5.38. The molecular formula is C14H14Cl2N2O2. The number of aromatic nitrogens is 2. The molecule has 1 aromatic carbocycles. The molecule has 2 rings (SSSR count). The minimum Gasteiger partial charge on any atom is -0.466 e. The lowest BCUT2D eigenvalue weighted by Gasteiger charge is -2.12. The van der Waals surface area contributed by atoms with Crippen LogP contribution in [-0.4, -0.2) is 22.4 Å². The molecule has 106 valence electrons. The lowest BCUT2D eigenvalue weighted by molar-refractivity contribution is -0.144. The van der Waals surface area contributed by atoms with Gasteiger partial charge in [0.25, 0.3) is 0 Å². The van der Waals surface area contributed by atoms with E-state index >= 15 is 0 Å². The Kier molecular flexibility index (Phi) is 4.68. The van der Waals surface area contributed by atoms with Crippen molar-refractivity contribution >= 4 is 29.2 Å². The highest BCUT2D eigenvalue weighted by atomic mass is 35.5. The first-order chi connectivity index (χ1) is 9.52. The Morgan fingerprint density at radius 1 is 1.45 bits per heavy atom. The Morgan fingerprint density at radius 2 is 2.20 bits per heavy atom. The fraction of sp³-hybridized carbons (Fsp3) is 0.286. The number of ether oxygens (including phenoxy) is 1. The van der Waals surface area contributed by atoms with Crippen molar-refractivity contribution in [3.8, 4) is 5.69 Å². The van der Waals surface area contributed by atoms with Gasteiger partial charge in [0.1, 0.15) is 0 Å². The highest BCUT2D eigenvalue weighted by Crippen LogP contribution is 2.26. The van der Waals surface area contributed by atoms with Gasteiger partial charge in [-0.25, -0.2) is 4.68 Å². The monoisotopic (exact) mass is 312 g/mol. The lowest BCUT2D eigenvalue weighted by Crippen LogP contribution is -2.13. The molecule has 1 unspecified atom stereocenters. The largest absolute Gasteiger partial charge is 0.466 e. The van der Waals surface area contributed by atoms with Crippen LogP contribution in [0.5, 0.6) is 0 Å². The second-order valence-electron chi connectivity index (χ2n) is 4.29. The molecule has 0 saturated heterocycles. The van der Waals surface area contributed by atoms with Crippen molar-refractivity contribution in [2.24, 2.45) is 0 Å². The van der Waals surface area contributed by atoms with Gasteiger partial charge in [0, 0.05) is 6.20 Å². The summed E-state index contributed by atoms with van der Waals surface area (Å²) in [7, 11) is 0. The van der Waals surface area contributed by atoms with Crippen LogP contribution in [0.4, 0.5) is 0 Å². The summed E-state index contributed by atoms with van der Waals surface area (Å²) in [5.41, 5.74) is 1.51. The number of nitrogens with zero attached hydrogens (tertiary/aromatic N) is 2. The average molecular weight is 313 g/mol. The van der Waals surface area contributed by atoms with Crippen molar-refractivity contribution in [1.82, 2.24) is 9.78 Å². The molecule has 0 radical (unpaired) electrons. The molecule has 0 aliphatic heterocycles. The summed E-state index contributed by atoms with van der Waals surface area (Å²) in [6.45, 7) is 3.93. The quantitative estimate of drug-likeness (QED) is 0.805. The Balaban J connectivity index is 2.28. The van der Waals surface area contributed by atoms with E-state index in [2.05, 4.69) is 5.10 Å². The molecule has 0 aliphatic rings.